The van der Waals surface area contributed by atoms with Crippen molar-refractivity contribution in [2.24, 2.45) is 11.7 Å². The van der Waals surface area contributed by atoms with Gasteiger partial charge in [0.2, 0.25) is 5.91 Å². The minimum Gasteiger partial charge on any atom is -0.368 e. The summed E-state index contributed by atoms with van der Waals surface area (Å²) in [4.78, 5) is 12.6. The summed E-state index contributed by atoms with van der Waals surface area (Å²) in [7, 11) is 0. The minimum absolute atomic E-state index is 0.176. The minimum atomic E-state index is -0.635. The van der Waals surface area contributed by atoms with Crippen molar-refractivity contribution in [2.45, 2.75) is 32.9 Å². The van der Waals surface area contributed by atoms with E-state index in [2.05, 4.69) is 5.32 Å². The van der Waals surface area contributed by atoms with Crippen LogP contribution in [0.15, 0.2) is 17.5 Å². The molecule has 0 fully saturated rings. The van der Waals surface area contributed by atoms with E-state index in [1.165, 1.54) is 4.88 Å². The first-order chi connectivity index (χ1) is 6.97. The summed E-state index contributed by atoms with van der Waals surface area (Å²) < 4.78 is 0. The maximum absolute atomic E-state index is 11.4. The van der Waals surface area contributed by atoms with Gasteiger partial charge in [0, 0.05) is 11.4 Å². The van der Waals surface area contributed by atoms with Crippen LogP contribution in [0.1, 0.15) is 25.6 Å². The number of nitrogens with two attached hydrogens (primary N) is 1. The molecule has 0 spiro atoms. The summed E-state index contributed by atoms with van der Waals surface area (Å²) in [5.74, 6) is -0.121. The van der Waals surface area contributed by atoms with E-state index in [-0.39, 0.29) is 11.8 Å². The summed E-state index contributed by atoms with van der Waals surface area (Å²) in [6, 6.07) is 4.04. The zero-order valence-electron chi connectivity index (χ0n) is 9.41. The second-order valence-corrected chi connectivity index (χ2v) is 5.19. The van der Waals surface area contributed by atoms with Gasteiger partial charge < -0.3 is 5.73 Å². The number of amides is 1. The van der Waals surface area contributed by atoms with Crippen LogP contribution in [0, 0.1) is 5.92 Å². The van der Waals surface area contributed by atoms with Crippen LogP contribution >= 0.6 is 11.3 Å². The maximum atomic E-state index is 11.4. The maximum Gasteiger partial charge on any atom is 0.237 e. The Bertz CT molecular complexity index is 321. The topological polar surface area (TPSA) is 55.1 Å². The van der Waals surface area contributed by atoms with E-state index in [1.807, 2.05) is 38.3 Å². The third-order valence-electron chi connectivity index (χ3n) is 2.88. The van der Waals surface area contributed by atoms with E-state index in [4.69, 9.17) is 5.73 Å². The van der Waals surface area contributed by atoms with Crippen molar-refractivity contribution in [2.75, 3.05) is 0 Å². The molecule has 0 saturated carbocycles. The first-order valence-corrected chi connectivity index (χ1v) is 5.92. The standard InChI is InChI=1S/C11H18N2OS/c1-8(2)11(3,10(12)14)13-7-9-5-4-6-15-9/h4-6,8,13H,7H2,1-3H3,(H2,12,14). The molecule has 0 aliphatic heterocycles. The summed E-state index contributed by atoms with van der Waals surface area (Å²) in [5, 5.41) is 5.26. The quantitative estimate of drug-likeness (QED) is 0.803. The lowest BCUT2D eigenvalue weighted by atomic mass is 9.87. The lowest BCUT2D eigenvalue weighted by molar-refractivity contribution is -0.125. The molecule has 3 nitrogen and oxygen atoms in total. The summed E-state index contributed by atoms with van der Waals surface area (Å²) in [6.07, 6.45) is 0. The Hall–Kier alpha value is -0.870. The summed E-state index contributed by atoms with van der Waals surface area (Å²) >= 11 is 1.67. The van der Waals surface area contributed by atoms with Crippen LogP contribution in [0.4, 0.5) is 0 Å². The van der Waals surface area contributed by atoms with Crippen molar-refractivity contribution < 1.29 is 4.79 Å². The van der Waals surface area contributed by atoms with Gasteiger partial charge in [-0.1, -0.05) is 19.9 Å². The molecule has 0 aliphatic carbocycles. The van der Waals surface area contributed by atoms with Crippen LogP contribution in [0.5, 0.6) is 0 Å². The van der Waals surface area contributed by atoms with Crippen LogP contribution < -0.4 is 11.1 Å². The fourth-order valence-corrected chi connectivity index (χ4v) is 1.90. The van der Waals surface area contributed by atoms with E-state index in [0.717, 1.165) is 0 Å². The molecule has 1 amide bonds. The monoisotopic (exact) mass is 226 g/mol. The van der Waals surface area contributed by atoms with Crippen LogP contribution in [0.25, 0.3) is 0 Å². The van der Waals surface area contributed by atoms with Gasteiger partial charge >= 0.3 is 0 Å². The predicted molar refractivity (Wildman–Crippen MR) is 63.6 cm³/mol. The molecule has 0 bridgehead atoms. The Labute approximate surface area is 94.7 Å². The van der Waals surface area contributed by atoms with Gasteiger partial charge in [0.15, 0.2) is 0 Å². The number of thiophene rings is 1. The van der Waals surface area contributed by atoms with Crippen LogP contribution in [-0.4, -0.2) is 11.4 Å². The molecule has 1 aromatic rings. The molecule has 0 aliphatic rings. The van der Waals surface area contributed by atoms with Crippen LogP contribution in [0.3, 0.4) is 0 Å². The van der Waals surface area contributed by atoms with Crippen molar-refractivity contribution in [3.63, 3.8) is 0 Å². The molecule has 0 saturated heterocycles. The summed E-state index contributed by atoms with van der Waals surface area (Å²) in [6.45, 7) is 6.53. The van der Waals surface area contributed by atoms with Crippen molar-refractivity contribution in [3.05, 3.63) is 22.4 Å². The average molecular weight is 226 g/mol. The Balaban J connectivity index is 2.64. The van der Waals surface area contributed by atoms with Crippen molar-refractivity contribution in [3.8, 4) is 0 Å². The van der Waals surface area contributed by atoms with E-state index in [0.29, 0.717) is 6.54 Å². The van der Waals surface area contributed by atoms with Gasteiger partial charge in [-0.05, 0) is 24.3 Å². The van der Waals surface area contributed by atoms with Gasteiger partial charge in [-0.25, -0.2) is 0 Å². The molecular formula is C11H18N2OS. The smallest absolute Gasteiger partial charge is 0.237 e. The summed E-state index contributed by atoms with van der Waals surface area (Å²) in [5.41, 5.74) is 4.78. The molecule has 0 radical (unpaired) electrons. The Morgan fingerprint density at radius 2 is 2.33 bits per heavy atom. The van der Waals surface area contributed by atoms with Crippen LogP contribution in [0.2, 0.25) is 0 Å². The van der Waals surface area contributed by atoms with Gasteiger partial charge in [-0.2, -0.15) is 0 Å². The fourth-order valence-electron chi connectivity index (χ4n) is 1.26. The number of hydrogen-bond donors (Lipinski definition) is 2. The number of carbonyl (C=O) groups excluding carboxylic acids is 1. The van der Waals surface area contributed by atoms with Gasteiger partial charge in [0.05, 0.1) is 5.54 Å². The lowest BCUT2D eigenvalue weighted by Crippen LogP contribution is -2.56. The molecule has 1 atom stereocenters. The molecule has 84 valence electrons. The van der Waals surface area contributed by atoms with Crippen LogP contribution in [-0.2, 0) is 11.3 Å². The van der Waals surface area contributed by atoms with E-state index < -0.39 is 5.54 Å². The zero-order chi connectivity index (χ0) is 11.5. The van der Waals surface area contributed by atoms with Crippen molar-refractivity contribution in [1.82, 2.24) is 5.32 Å². The number of primary amides is 1. The fraction of sp³-hybridized carbons (Fsp3) is 0.545. The van der Waals surface area contributed by atoms with Gasteiger partial charge in [0.25, 0.3) is 0 Å². The first-order valence-electron chi connectivity index (χ1n) is 5.04. The Morgan fingerprint density at radius 3 is 2.73 bits per heavy atom. The SMILES string of the molecule is CC(C)C(C)(NCc1cccs1)C(N)=O. The molecular weight excluding hydrogens is 208 g/mol. The largest absolute Gasteiger partial charge is 0.368 e. The van der Waals surface area contributed by atoms with Crippen molar-refractivity contribution in [1.29, 1.82) is 0 Å². The molecule has 1 rings (SSSR count). The molecule has 1 unspecified atom stereocenters. The molecule has 3 N–H and O–H groups in total. The normalized spacial score (nSPS) is 15.2. The highest BCUT2D eigenvalue weighted by Crippen LogP contribution is 2.18. The first kappa shape index (κ1) is 12.2. The van der Waals surface area contributed by atoms with Crippen molar-refractivity contribution >= 4 is 17.2 Å². The number of carbonyl (C=O) groups is 1. The second-order valence-electron chi connectivity index (χ2n) is 4.15. The van der Waals surface area contributed by atoms with E-state index >= 15 is 0 Å². The molecule has 1 aromatic heterocycles. The van der Waals surface area contributed by atoms with Gasteiger partial charge in [0.1, 0.15) is 0 Å². The number of hydrogen-bond acceptors (Lipinski definition) is 3. The molecule has 4 heteroatoms. The second kappa shape index (κ2) is 4.77. The average Bonchev–Trinajstić information content (AvgIpc) is 2.65. The molecule has 15 heavy (non-hydrogen) atoms. The Kier molecular flexibility index (Phi) is 3.88. The lowest BCUT2D eigenvalue weighted by Gasteiger charge is -2.31. The highest BCUT2D eigenvalue weighted by atomic mass is 32.1. The van der Waals surface area contributed by atoms with E-state index in [1.54, 1.807) is 11.3 Å². The van der Waals surface area contributed by atoms with E-state index in [9.17, 15) is 4.79 Å². The molecule has 0 aromatic carbocycles. The zero-order valence-corrected chi connectivity index (χ0v) is 10.2. The predicted octanol–water partition coefficient (Wildman–Crippen LogP) is 1.74. The number of nitrogens with one attached hydrogen (secondary N) is 1. The highest BCUT2D eigenvalue weighted by molar-refractivity contribution is 7.09. The third-order valence-corrected chi connectivity index (χ3v) is 3.75. The van der Waals surface area contributed by atoms with Gasteiger partial charge in [-0.3, -0.25) is 10.1 Å². The third kappa shape index (κ3) is 2.79. The molecule has 1 heterocycles. The Morgan fingerprint density at radius 1 is 1.67 bits per heavy atom. The van der Waals surface area contributed by atoms with Gasteiger partial charge in [-0.15, -0.1) is 11.3 Å². The highest BCUT2D eigenvalue weighted by Gasteiger charge is 2.33. The number of rotatable bonds is 5.